The van der Waals surface area contributed by atoms with Crippen molar-refractivity contribution >= 4 is 27.7 Å². The van der Waals surface area contributed by atoms with Gasteiger partial charge in [-0.15, -0.1) is 0 Å². The molecule has 7 heteroatoms. The highest BCUT2D eigenvalue weighted by Crippen LogP contribution is 2.22. The van der Waals surface area contributed by atoms with Gasteiger partial charge in [0.2, 0.25) is 0 Å². The van der Waals surface area contributed by atoms with Crippen LogP contribution in [0.3, 0.4) is 0 Å². The number of nitrogens with zero attached hydrogens (tertiary/aromatic N) is 4. The van der Waals surface area contributed by atoms with Crippen LogP contribution < -0.4 is 4.90 Å². The molecule has 2 fully saturated rings. The van der Waals surface area contributed by atoms with Crippen LogP contribution in [0.15, 0.2) is 41.1 Å². The summed E-state index contributed by atoms with van der Waals surface area (Å²) in [5.41, 5.74) is 0.673. The van der Waals surface area contributed by atoms with Gasteiger partial charge in [0, 0.05) is 62.7 Å². The van der Waals surface area contributed by atoms with Crippen LogP contribution in [0.2, 0.25) is 0 Å². The van der Waals surface area contributed by atoms with Crippen LogP contribution in [0, 0.1) is 5.92 Å². The summed E-state index contributed by atoms with van der Waals surface area (Å²) in [6, 6.07) is 7.95. The van der Waals surface area contributed by atoms with Crippen molar-refractivity contribution in [2.24, 2.45) is 5.92 Å². The number of rotatable bonds is 4. The van der Waals surface area contributed by atoms with Crippen LogP contribution in [-0.2, 0) is 0 Å². The maximum Gasteiger partial charge on any atom is 0.270 e. The number of hydrogen-bond acceptors (Lipinski definition) is 4. The molecule has 27 heavy (non-hydrogen) atoms. The van der Waals surface area contributed by atoms with Crippen molar-refractivity contribution in [1.82, 2.24) is 19.8 Å². The lowest BCUT2D eigenvalue weighted by atomic mass is 9.97. The molecule has 1 atom stereocenters. The van der Waals surface area contributed by atoms with E-state index in [1.54, 1.807) is 0 Å². The second kappa shape index (κ2) is 8.44. The molecule has 1 amide bonds. The number of nitrogens with one attached hydrogen (secondary N) is 1. The quantitative estimate of drug-likeness (QED) is 0.808. The van der Waals surface area contributed by atoms with Gasteiger partial charge in [-0.05, 0) is 52.9 Å². The van der Waals surface area contributed by atoms with Crippen LogP contribution in [0.4, 0.5) is 5.82 Å². The van der Waals surface area contributed by atoms with E-state index < -0.39 is 0 Å². The highest BCUT2D eigenvalue weighted by molar-refractivity contribution is 9.10. The molecule has 2 aliphatic rings. The average Bonchev–Trinajstić information content (AvgIpc) is 3.15. The van der Waals surface area contributed by atoms with Crippen molar-refractivity contribution < 1.29 is 4.79 Å². The van der Waals surface area contributed by atoms with Crippen LogP contribution in [0.1, 0.15) is 23.3 Å². The second-order valence-corrected chi connectivity index (χ2v) is 8.38. The molecular formula is C20H26BrN5O. The van der Waals surface area contributed by atoms with E-state index in [1.807, 2.05) is 35.5 Å². The van der Waals surface area contributed by atoms with Gasteiger partial charge >= 0.3 is 0 Å². The third-order valence-corrected chi connectivity index (χ3v) is 6.00. The Morgan fingerprint density at radius 1 is 1.22 bits per heavy atom. The lowest BCUT2D eigenvalue weighted by Crippen LogP contribution is -2.50. The van der Waals surface area contributed by atoms with Crippen LogP contribution in [0.25, 0.3) is 0 Å². The molecule has 0 saturated carbocycles. The molecule has 2 aliphatic heterocycles. The van der Waals surface area contributed by atoms with Crippen LogP contribution in [0.5, 0.6) is 0 Å². The first-order valence-electron chi connectivity index (χ1n) is 9.70. The Balaban J connectivity index is 1.28. The van der Waals surface area contributed by atoms with E-state index in [4.69, 9.17) is 0 Å². The topological polar surface area (TPSA) is 55.5 Å². The Hall–Kier alpha value is -1.86. The molecule has 2 aromatic rings. The largest absolute Gasteiger partial charge is 0.356 e. The van der Waals surface area contributed by atoms with E-state index in [0.717, 1.165) is 62.5 Å². The van der Waals surface area contributed by atoms with Crippen molar-refractivity contribution in [3.63, 3.8) is 0 Å². The van der Waals surface area contributed by atoms with Gasteiger partial charge in [-0.1, -0.05) is 6.07 Å². The number of aromatic amines is 1. The third kappa shape index (κ3) is 4.52. The van der Waals surface area contributed by atoms with Crippen molar-refractivity contribution in [2.75, 3.05) is 50.7 Å². The minimum absolute atomic E-state index is 0.116. The van der Waals surface area contributed by atoms with Gasteiger partial charge < -0.3 is 14.8 Å². The lowest BCUT2D eigenvalue weighted by Gasteiger charge is -2.39. The number of carbonyl (C=O) groups excluding carboxylic acids is 1. The predicted octanol–water partition coefficient (Wildman–Crippen LogP) is 2.85. The number of hydrogen-bond donors (Lipinski definition) is 1. The fraction of sp³-hybridized carbons (Fsp3) is 0.500. The summed E-state index contributed by atoms with van der Waals surface area (Å²) < 4.78 is 0.921. The normalized spacial score (nSPS) is 21.4. The maximum atomic E-state index is 12.7. The van der Waals surface area contributed by atoms with Crippen LogP contribution >= 0.6 is 15.9 Å². The molecule has 0 radical (unpaired) electrons. The molecule has 2 saturated heterocycles. The Labute approximate surface area is 168 Å². The number of aromatic nitrogens is 2. The van der Waals surface area contributed by atoms with Crippen molar-refractivity contribution in [3.05, 3.63) is 46.8 Å². The zero-order valence-electron chi connectivity index (χ0n) is 15.5. The molecule has 0 aliphatic carbocycles. The summed E-state index contributed by atoms with van der Waals surface area (Å²) in [5.74, 6) is 1.75. The van der Waals surface area contributed by atoms with Gasteiger partial charge in [0.25, 0.3) is 5.91 Å². The van der Waals surface area contributed by atoms with E-state index in [1.165, 1.54) is 6.42 Å². The van der Waals surface area contributed by atoms with E-state index in [-0.39, 0.29) is 5.91 Å². The van der Waals surface area contributed by atoms with Gasteiger partial charge in [-0.2, -0.15) is 0 Å². The van der Waals surface area contributed by atoms with Gasteiger partial charge in [-0.3, -0.25) is 9.69 Å². The molecule has 1 unspecified atom stereocenters. The number of amides is 1. The summed E-state index contributed by atoms with van der Waals surface area (Å²) in [7, 11) is 0. The highest BCUT2D eigenvalue weighted by Gasteiger charge is 2.27. The first kappa shape index (κ1) is 18.5. The first-order chi connectivity index (χ1) is 13.2. The minimum atomic E-state index is 0.116. The molecule has 1 N–H and O–H groups in total. The lowest BCUT2D eigenvalue weighted by molar-refractivity contribution is 0.0632. The fourth-order valence-corrected chi connectivity index (χ4v) is 4.47. The molecule has 4 heterocycles. The number of pyridine rings is 1. The number of likely N-dealkylation sites (tertiary alicyclic amines) is 1. The highest BCUT2D eigenvalue weighted by atomic mass is 79.9. The third-order valence-electron chi connectivity index (χ3n) is 5.55. The van der Waals surface area contributed by atoms with Crippen LogP contribution in [-0.4, -0.2) is 71.5 Å². The summed E-state index contributed by atoms with van der Waals surface area (Å²) in [4.78, 5) is 27.1. The number of anilines is 1. The molecular weight excluding hydrogens is 406 g/mol. The predicted molar refractivity (Wildman–Crippen MR) is 110 cm³/mol. The Bertz CT molecular complexity index is 757. The van der Waals surface area contributed by atoms with E-state index >= 15 is 0 Å². The average molecular weight is 432 g/mol. The van der Waals surface area contributed by atoms with E-state index in [0.29, 0.717) is 11.6 Å². The zero-order valence-corrected chi connectivity index (χ0v) is 17.1. The molecule has 0 spiro atoms. The second-order valence-electron chi connectivity index (χ2n) is 7.47. The number of halogens is 1. The summed E-state index contributed by atoms with van der Waals surface area (Å²) in [6.07, 6.45) is 5.97. The minimum Gasteiger partial charge on any atom is -0.356 e. The number of piperazine rings is 1. The summed E-state index contributed by atoms with van der Waals surface area (Å²) in [5, 5.41) is 0. The van der Waals surface area contributed by atoms with Crippen molar-refractivity contribution in [1.29, 1.82) is 0 Å². The standard InChI is InChI=1S/C20H26BrN5O/c21-17-12-18(23-13-17)20(27)26-7-3-4-16(15-26)14-24-8-10-25(11-9-24)19-5-1-2-6-22-19/h1-2,5-6,12-13,16,23H,3-4,7-11,14-15H2. The van der Waals surface area contributed by atoms with Crippen molar-refractivity contribution in [3.8, 4) is 0 Å². The molecule has 4 rings (SSSR count). The van der Waals surface area contributed by atoms with Gasteiger partial charge in [0.05, 0.1) is 0 Å². The van der Waals surface area contributed by atoms with E-state index in [2.05, 4.69) is 41.8 Å². The number of piperidine rings is 1. The molecule has 0 aromatic carbocycles. The summed E-state index contributed by atoms with van der Waals surface area (Å²) >= 11 is 3.41. The smallest absolute Gasteiger partial charge is 0.270 e. The maximum absolute atomic E-state index is 12.7. The first-order valence-corrected chi connectivity index (χ1v) is 10.5. The molecule has 0 bridgehead atoms. The Morgan fingerprint density at radius 2 is 2.07 bits per heavy atom. The number of carbonyl (C=O) groups is 1. The van der Waals surface area contributed by atoms with E-state index in [9.17, 15) is 4.79 Å². The zero-order chi connectivity index (χ0) is 18.6. The SMILES string of the molecule is O=C(c1cc(Br)c[nH]1)N1CCCC(CN2CCN(c3ccccn3)CC2)C1. The molecule has 2 aromatic heterocycles. The van der Waals surface area contributed by atoms with Crippen molar-refractivity contribution in [2.45, 2.75) is 12.8 Å². The Morgan fingerprint density at radius 3 is 2.78 bits per heavy atom. The monoisotopic (exact) mass is 431 g/mol. The fourth-order valence-electron chi connectivity index (χ4n) is 4.13. The number of H-pyrrole nitrogens is 1. The Kier molecular flexibility index (Phi) is 5.78. The van der Waals surface area contributed by atoms with Gasteiger partial charge in [0.1, 0.15) is 11.5 Å². The molecule has 144 valence electrons. The van der Waals surface area contributed by atoms with Gasteiger partial charge in [-0.25, -0.2) is 4.98 Å². The summed E-state index contributed by atoms with van der Waals surface area (Å²) in [6.45, 7) is 6.95. The van der Waals surface area contributed by atoms with Gasteiger partial charge in [0.15, 0.2) is 0 Å². The molecule has 6 nitrogen and oxygen atoms in total.